The number of urea groups is 1. The molecule has 0 aliphatic heterocycles. The van der Waals surface area contributed by atoms with E-state index in [9.17, 15) is 9.90 Å². The molecule has 0 aliphatic rings. The summed E-state index contributed by atoms with van der Waals surface area (Å²) >= 11 is 11.9. The molecule has 0 aliphatic carbocycles. The average Bonchev–Trinajstić information content (AvgIpc) is 2.67. The fourth-order valence-corrected chi connectivity index (χ4v) is 2.59. The molecule has 0 radical (unpaired) electrons. The maximum absolute atomic E-state index is 12.3. The fourth-order valence-electron chi connectivity index (χ4n) is 2.26. The number of fused-ring (bicyclic) bond motifs is 1. The number of phenols is 1. The van der Waals surface area contributed by atoms with Gasteiger partial charge in [-0.15, -0.1) is 10.2 Å². The van der Waals surface area contributed by atoms with Crippen molar-refractivity contribution in [3.05, 3.63) is 40.4 Å². The molecular weight excluding hydrogens is 407 g/mol. The highest BCUT2D eigenvalue weighted by Crippen LogP contribution is 2.30. The lowest BCUT2D eigenvalue weighted by atomic mass is 10.3. The smallest absolute Gasteiger partial charge is 0.326 e. The molecule has 0 saturated heterocycles. The van der Waals surface area contributed by atoms with Crippen molar-refractivity contribution in [3.8, 4) is 11.5 Å². The highest BCUT2D eigenvalue weighted by molar-refractivity contribution is 6.33. The van der Waals surface area contributed by atoms with Gasteiger partial charge in [-0.05, 0) is 43.3 Å². The van der Waals surface area contributed by atoms with E-state index in [1.165, 1.54) is 6.07 Å². The van der Waals surface area contributed by atoms with Gasteiger partial charge < -0.3 is 20.9 Å². The molecule has 9 nitrogen and oxygen atoms in total. The zero-order chi connectivity index (χ0) is 20.1. The maximum Gasteiger partial charge on any atom is 0.326 e. The summed E-state index contributed by atoms with van der Waals surface area (Å²) in [6.45, 7) is 0.881. The minimum Gasteiger partial charge on any atom is -0.504 e. The Morgan fingerprint density at radius 2 is 2.00 bits per heavy atom. The summed E-state index contributed by atoms with van der Waals surface area (Å²) in [5, 5.41) is 23.3. The SMILES string of the molecule is NCCCOc1ccc(Cl)cc1NC(=O)Nc1nnc2ccc(Cl)c(O)c2n1. The first kappa shape index (κ1) is 19.9. The Kier molecular flexibility index (Phi) is 6.30. The number of phenolic OH excluding ortho intramolecular Hbond substituents is 1. The molecule has 0 fully saturated rings. The fraction of sp³-hybridized carbons (Fsp3) is 0.176. The van der Waals surface area contributed by atoms with E-state index in [1.54, 1.807) is 24.3 Å². The molecule has 2 aromatic carbocycles. The van der Waals surface area contributed by atoms with Crippen LogP contribution in [0.5, 0.6) is 11.5 Å². The number of nitrogens with two attached hydrogens (primary N) is 1. The van der Waals surface area contributed by atoms with Crippen molar-refractivity contribution in [2.75, 3.05) is 23.8 Å². The molecule has 3 aromatic rings. The number of ether oxygens (including phenoxy) is 1. The zero-order valence-corrected chi connectivity index (χ0v) is 16.0. The highest BCUT2D eigenvalue weighted by atomic mass is 35.5. The number of nitrogens with one attached hydrogen (secondary N) is 2. The van der Waals surface area contributed by atoms with Crippen molar-refractivity contribution in [1.29, 1.82) is 0 Å². The minimum atomic E-state index is -0.645. The van der Waals surface area contributed by atoms with E-state index in [-0.39, 0.29) is 22.2 Å². The second-order valence-corrected chi connectivity index (χ2v) is 6.45. The van der Waals surface area contributed by atoms with Gasteiger partial charge in [-0.2, -0.15) is 0 Å². The van der Waals surface area contributed by atoms with Crippen LogP contribution >= 0.6 is 23.2 Å². The van der Waals surface area contributed by atoms with E-state index in [0.29, 0.717) is 41.5 Å². The number of benzene rings is 2. The Balaban J connectivity index is 1.76. The van der Waals surface area contributed by atoms with Crippen molar-refractivity contribution in [2.24, 2.45) is 5.73 Å². The molecule has 1 heterocycles. The van der Waals surface area contributed by atoms with E-state index < -0.39 is 6.03 Å². The first-order valence-electron chi connectivity index (χ1n) is 8.20. The molecule has 28 heavy (non-hydrogen) atoms. The monoisotopic (exact) mass is 422 g/mol. The van der Waals surface area contributed by atoms with Crippen LogP contribution in [0, 0.1) is 0 Å². The summed E-state index contributed by atoms with van der Waals surface area (Å²) in [6, 6.07) is 7.21. The van der Waals surface area contributed by atoms with Gasteiger partial charge in [0.15, 0.2) is 5.75 Å². The lowest BCUT2D eigenvalue weighted by Crippen LogP contribution is -2.21. The molecule has 0 saturated carbocycles. The molecule has 0 unspecified atom stereocenters. The number of hydrogen-bond donors (Lipinski definition) is 4. The van der Waals surface area contributed by atoms with E-state index in [2.05, 4.69) is 25.8 Å². The van der Waals surface area contributed by atoms with E-state index in [0.717, 1.165) is 0 Å². The predicted octanol–water partition coefficient (Wildman–Crippen LogP) is 3.41. The number of anilines is 2. The maximum atomic E-state index is 12.3. The van der Waals surface area contributed by atoms with Crippen molar-refractivity contribution in [3.63, 3.8) is 0 Å². The third kappa shape index (κ3) is 4.69. The first-order chi connectivity index (χ1) is 13.5. The van der Waals surface area contributed by atoms with Crippen molar-refractivity contribution in [1.82, 2.24) is 15.2 Å². The van der Waals surface area contributed by atoms with Gasteiger partial charge in [0.25, 0.3) is 5.95 Å². The van der Waals surface area contributed by atoms with Gasteiger partial charge in [0.05, 0.1) is 17.3 Å². The van der Waals surface area contributed by atoms with Gasteiger partial charge in [0, 0.05) is 5.02 Å². The van der Waals surface area contributed by atoms with Gasteiger partial charge >= 0.3 is 6.03 Å². The van der Waals surface area contributed by atoms with Crippen LogP contribution in [-0.4, -0.2) is 39.5 Å². The predicted molar refractivity (Wildman–Crippen MR) is 107 cm³/mol. The lowest BCUT2D eigenvalue weighted by molar-refractivity contribution is 0.261. The first-order valence-corrected chi connectivity index (χ1v) is 8.96. The second-order valence-electron chi connectivity index (χ2n) is 5.61. The quantitative estimate of drug-likeness (QED) is 0.446. The van der Waals surface area contributed by atoms with Crippen LogP contribution in [0.15, 0.2) is 30.3 Å². The van der Waals surface area contributed by atoms with Crippen LogP contribution in [0.25, 0.3) is 11.0 Å². The molecule has 5 N–H and O–H groups in total. The van der Waals surface area contributed by atoms with Crippen LogP contribution in [0.1, 0.15) is 6.42 Å². The van der Waals surface area contributed by atoms with Crippen LogP contribution in [0.3, 0.4) is 0 Å². The van der Waals surface area contributed by atoms with Gasteiger partial charge in [0.2, 0.25) is 0 Å². The summed E-state index contributed by atoms with van der Waals surface area (Å²) < 4.78 is 5.60. The molecule has 0 bridgehead atoms. The van der Waals surface area contributed by atoms with Crippen LogP contribution in [0.2, 0.25) is 10.0 Å². The number of rotatable bonds is 6. The number of nitrogens with zero attached hydrogens (tertiary/aromatic N) is 3. The average molecular weight is 423 g/mol. The summed E-state index contributed by atoms with van der Waals surface area (Å²) in [5.74, 6) is 0.0770. The van der Waals surface area contributed by atoms with Crippen LogP contribution in [-0.2, 0) is 0 Å². The van der Waals surface area contributed by atoms with Crippen LogP contribution in [0.4, 0.5) is 16.4 Å². The Labute approximate surface area is 169 Å². The Morgan fingerprint density at radius 3 is 2.79 bits per heavy atom. The van der Waals surface area contributed by atoms with Crippen molar-refractivity contribution < 1.29 is 14.6 Å². The molecular formula is C17H16Cl2N6O3. The number of aromatic hydroxyl groups is 1. The second kappa shape index (κ2) is 8.87. The summed E-state index contributed by atoms with van der Waals surface area (Å²) in [4.78, 5) is 16.4. The third-order valence-electron chi connectivity index (χ3n) is 3.57. The Morgan fingerprint density at radius 1 is 1.18 bits per heavy atom. The van der Waals surface area contributed by atoms with Gasteiger partial charge in [-0.1, -0.05) is 23.2 Å². The third-order valence-corrected chi connectivity index (χ3v) is 4.11. The minimum absolute atomic E-state index is 0.113. The Hall–Kier alpha value is -2.88. The van der Waals surface area contributed by atoms with Crippen LogP contribution < -0.4 is 21.1 Å². The van der Waals surface area contributed by atoms with E-state index >= 15 is 0 Å². The normalized spacial score (nSPS) is 10.7. The molecule has 2 amide bonds. The molecule has 0 atom stereocenters. The zero-order valence-electron chi connectivity index (χ0n) is 14.4. The number of halogens is 2. The lowest BCUT2D eigenvalue weighted by Gasteiger charge is -2.13. The summed E-state index contributed by atoms with van der Waals surface area (Å²) in [6.07, 6.45) is 0.664. The standard InChI is InChI=1S/C17H16Cl2N6O3/c18-9-2-5-13(28-7-1-6-20)12(8-9)21-17(27)23-16-22-14-11(24-25-16)4-3-10(19)15(14)26/h2-5,8,26H,1,6-7,20H2,(H2,21,22,23,25,27). The molecule has 11 heteroatoms. The number of aromatic nitrogens is 3. The van der Waals surface area contributed by atoms with Gasteiger partial charge in [-0.3, -0.25) is 5.32 Å². The largest absolute Gasteiger partial charge is 0.504 e. The highest BCUT2D eigenvalue weighted by Gasteiger charge is 2.13. The molecule has 1 aromatic heterocycles. The van der Waals surface area contributed by atoms with E-state index in [4.69, 9.17) is 33.7 Å². The molecule has 0 spiro atoms. The molecule has 3 rings (SSSR count). The molecule has 146 valence electrons. The number of carbonyl (C=O) groups excluding carboxylic acids is 1. The number of carbonyl (C=O) groups is 1. The summed E-state index contributed by atoms with van der Waals surface area (Å²) in [7, 11) is 0. The van der Waals surface area contributed by atoms with Crippen molar-refractivity contribution in [2.45, 2.75) is 6.42 Å². The topological polar surface area (TPSA) is 135 Å². The van der Waals surface area contributed by atoms with Gasteiger partial charge in [0.1, 0.15) is 16.8 Å². The van der Waals surface area contributed by atoms with E-state index in [1.807, 2.05) is 0 Å². The number of amides is 2. The van der Waals surface area contributed by atoms with Gasteiger partial charge in [-0.25, -0.2) is 9.78 Å². The Bertz CT molecular complexity index is 1020. The van der Waals surface area contributed by atoms with Crippen molar-refractivity contribution >= 4 is 51.9 Å². The number of hydrogen-bond acceptors (Lipinski definition) is 7. The summed E-state index contributed by atoms with van der Waals surface area (Å²) in [5.41, 5.74) is 6.27.